The molecule has 0 spiro atoms. The first-order valence-electron chi connectivity index (χ1n) is 7.62. The number of nitrogens with zero attached hydrogens (tertiary/aromatic N) is 1. The van der Waals surface area contributed by atoms with Crippen molar-refractivity contribution in [2.24, 2.45) is 0 Å². The molecule has 0 aliphatic rings. The number of hydrogen-bond acceptors (Lipinski definition) is 7. The fourth-order valence-corrected chi connectivity index (χ4v) is 2.06. The van der Waals surface area contributed by atoms with E-state index < -0.39 is 18.3 Å². The van der Waals surface area contributed by atoms with Crippen LogP contribution >= 0.6 is 0 Å². The van der Waals surface area contributed by atoms with Gasteiger partial charge in [0, 0.05) is 6.54 Å². The predicted molar refractivity (Wildman–Crippen MR) is 90.8 cm³/mol. The van der Waals surface area contributed by atoms with Crippen molar-refractivity contribution in [1.29, 1.82) is 0 Å². The molecule has 0 radical (unpaired) electrons. The lowest BCUT2D eigenvalue weighted by atomic mass is 10.1. The highest BCUT2D eigenvalue weighted by Crippen LogP contribution is 2.22. The van der Waals surface area contributed by atoms with Gasteiger partial charge in [-0.3, -0.25) is 0 Å². The minimum absolute atomic E-state index is 0.113. The maximum absolute atomic E-state index is 11.6. The summed E-state index contributed by atoms with van der Waals surface area (Å²) in [5, 5.41) is 22.5. The molecule has 8 nitrogen and oxygen atoms in total. The van der Waals surface area contributed by atoms with E-state index in [2.05, 4.69) is 10.3 Å². The Morgan fingerprint density at radius 1 is 1.24 bits per heavy atom. The second-order valence-corrected chi connectivity index (χ2v) is 5.29. The Labute approximate surface area is 145 Å². The van der Waals surface area contributed by atoms with Crippen LogP contribution in [0.1, 0.15) is 17.4 Å². The number of hydrogen-bond donors (Lipinski definition) is 4. The first-order chi connectivity index (χ1) is 12.0. The molecule has 2 rings (SSSR count). The van der Waals surface area contributed by atoms with Crippen LogP contribution in [0.25, 0.3) is 0 Å². The van der Waals surface area contributed by atoms with E-state index in [9.17, 15) is 15.0 Å². The summed E-state index contributed by atoms with van der Waals surface area (Å²) in [6.07, 6.45) is -3.29. The number of pyridine rings is 1. The van der Waals surface area contributed by atoms with Gasteiger partial charge in [0.1, 0.15) is 18.8 Å². The molecule has 5 N–H and O–H groups in total. The molecule has 8 heteroatoms. The van der Waals surface area contributed by atoms with E-state index in [0.29, 0.717) is 5.69 Å². The summed E-state index contributed by atoms with van der Waals surface area (Å²) < 4.78 is 9.99. The van der Waals surface area contributed by atoms with Gasteiger partial charge in [0.15, 0.2) is 0 Å². The van der Waals surface area contributed by atoms with Gasteiger partial charge in [-0.1, -0.05) is 30.3 Å². The average Bonchev–Trinajstić information content (AvgIpc) is 2.65. The van der Waals surface area contributed by atoms with Crippen LogP contribution in [-0.4, -0.2) is 41.0 Å². The van der Waals surface area contributed by atoms with E-state index in [1.807, 2.05) is 30.3 Å². The molecule has 2 unspecified atom stereocenters. The lowest BCUT2D eigenvalue weighted by molar-refractivity contribution is 0.0157. The minimum atomic E-state index is -1.32. The summed E-state index contributed by atoms with van der Waals surface area (Å²) in [5.41, 5.74) is 6.99. The molecular formula is C17H21N3O5. The van der Waals surface area contributed by atoms with Crippen molar-refractivity contribution in [3.05, 3.63) is 53.7 Å². The molecule has 25 heavy (non-hydrogen) atoms. The molecule has 0 saturated carbocycles. The predicted octanol–water partition coefficient (Wildman–Crippen LogP) is 0.993. The summed E-state index contributed by atoms with van der Waals surface area (Å²) in [5.74, 6) is 0.152. The molecule has 2 aromatic rings. The smallest absolute Gasteiger partial charge is 0.407 e. The van der Waals surface area contributed by atoms with Crippen LogP contribution in [0.4, 0.5) is 10.5 Å². The molecule has 0 saturated heterocycles. The molecule has 0 fully saturated rings. The monoisotopic (exact) mass is 347 g/mol. The Balaban J connectivity index is 1.82. The molecule has 1 heterocycles. The van der Waals surface area contributed by atoms with Crippen molar-refractivity contribution in [1.82, 2.24) is 10.3 Å². The lowest BCUT2D eigenvalue weighted by Crippen LogP contribution is -2.36. The zero-order valence-corrected chi connectivity index (χ0v) is 13.8. The van der Waals surface area contributed by atoms with Gasteiger partial charge in [0.25, 0.3) is 0 Å². The third-order valence-corrected chi connectivity index (χ3v) is 3.44. The first kappa shape index (κ1) is 18.5. The maximum atomic E-state index is 11.6. The van der Waals surface area contributed by atoms with E-state index in [4.69, 9.17) is 15.2 Å². The van der Waals surface area contributed by atoms with Crippen LogP contribution in [0.3, 0.4) is 0 Å². The van der Waals surface area contributed by atoms with E-state index in [0.717, 1.165) is 5.56 Å². The number of anilines is 1. The summed E-state index contributed by atoms with van der Waals surface area (Å²) in [4.78, 5) is 15.7. The number of methoxy groups -OCH3 is 1. The SMILES string of the molecule is COc1nc(C(O)C(O)CNC(=O)OCc2ccccc2)ccc1N. The third-order valence-electron chi connectivity index (χ3n) is 3.44. The minimum Gasteiger partial charge on any atom is -0.480 e. The summed E-state index contributed by atoms with van der Waals surface area (Å²) in [6, 6.07) is 12.2. The van der Waals surface area contributed by atoms with Crippen molar-refractivity contribution in [3.63, 3.8) is 0 Å². The van der Waals surface area contributed by atoms with Gasteiger partial charge in [-0.25, -0.2) is 9.78 Å². The van der Waals surface area contributed by atoms with Crippen LogP contribution in [0, 0.1) is 0 Å². The third kappa shape index (κ3) is 5.33. The highest BCUT2D eigenvalue weighted by atomic mass is 16.5. The summed E-state index contributed by atoms with van der Waals surface area (Å²) >= 11 is 0. The molecule has 2 atom stereocenters. The number of nitrogens with two attached hydrogens (primary N) is 1. The number of nitrogens with one attached hydrogen (secondary N) is 1. The van der Waals surface area contributed by atoms with Crippen molar-refractivity contribution in [3.8, 4) is 5.88 Å². The molecular weight excluding hydrogens is 326 g/mol. The summed E-state index contributed by atoms with van der Waals surface area (Å²) in [6.45, 7) is -0.0921. The quantitative estimate of drug-likeness (QED) is 0.588. The standard InChI is InChI=1S/C17H21N3O5/c1-24-16-12(18)7-8-13(20-16)15(22)14(21)9-19-17(23)25-10-11-5-3-2-4-6-11/h2-8,14-15,21-22H,9-10,18H2,1H3,(H,19,23). The first-order valence-corrected chi connectivity index (χ1v) is 7.62. The lowest BCUT2D eigenvalue weighted by Gasteiger charge is -2.18. The number of benzene rings is 1. The molecule has 1 amide bonds. The Bertz CT molecular complexity index is 696. The number of ether oxygens (including phenoxy) is 2. The summed E-state index contributed by atoms with van der Waals surface area (Å²) in [7, 11) is 1.40. The van der Waals surface area contributed by atoms with Crippen LogP contribution in [0.2, 0.25) is 0 Å². The number of alkyl carbamates (subject to hydrolysis) is 1. The van der Waals surface area contributed by atoms with Gasteiger partial charge < -0.3 is 30.7 Å². The topological polar surface area (TPSA) is 127 Å². The highest BCUT2D eigenvalue weighted by Gasteiger charge is 2.21. The van der Waals surface area contributed by atoms with E-state index in [-0.39, 0.29) is 24.7 Å². The normalized spacial score (nSPS) is 12.9. The number of rotatable bonds is 7. The van der Waals surface area contributed by atoms with Gasteiger partial charge in [-0.2, -0.15) is 0 Å². The second-order valence-electron chi connectivity index (χ2n) is 5.29. The highest BCUT2D eigenvalue weighted by molar-refractivity contribution is 5.67. The van der Waals surface area contributed by atoms with Crippen molar-refractivity contribution >= 4 is 11.8 Å². The van der Waals surface area contributed by atoms with Crippen LogP contribution < -0.4 is 15.8 Å². The molecule has 0 bridgehead atoms. The molecule has 134 valence electrons. The van der Waals surface area contributed by atoms with E-state index in [1.165, 1.54) is 19.2 Å². The maximum Gasteiger partial charge on any atom is 0.407 e. The fraction of sp³-hybridized carbons (Fsp3) is 0.294. The number of amides is 1. The number of nitrogen functional groups attached to an aromatic ring is 1. The number of carbonyl (C=O) groups excluding carboxylic acids is 1. The van der Waals surface area contributed by atoms with Gasteiger partial charge in [-0.15, -0.1) is 0 Å². The van der Waals surface area contributed by atoms with Crippen LogP contribution in [0.5, 0.6) is 5.88 Å². The van der Waals surface area contributed by atoms with Crippen LogP contribution in [0.15, 0.2) is 42.5 Å². The van der Waals surface area contributed by atoms with E-state index >= 15 is 0 Å². The Morgan fingerprint density at radius 3 is 2.64 bits per heavy atom. The largest absolute Gasteiger partial charge is 0.480 e. The van der Waals surface area contributed by atoms with Gasteiger partial charge in [0.2, 0.25) is 5.88 Å². The van der Waals surface area contributed by atoms with Crippen molar-refractivity contribution < 1.29 is 24.5 Å². The van der Waals surface area contributed by atoms with Crippen molar-refractivity contribution in [2.75, 3.05) is 19.4 Å². The fourth-order valence-electron chi connectivity index (χ4n) is 2.06. The number of aromatic nitrogens is 1. The Morgan fingerprint density at radius 2 is 1.96 bits per heavy atom. The van der Waals surface area contributed by atoms with Gasteiger partial charge in [0.05, 0.1) is 18.5 Å². The van der Waals surface area contributed by atoms with E-state index in [1.54, 1.807) is 0 Å². The van der Waals surface area contributed by atoms with Crippen LogP contribution in [-0.2, 0) is 11.3 Å². The molecule has 1 aromatic heterocycles. The zero-order chi connectivity index (χ0) is 18.2. The molecule has 0 aliphatic carbocycles. The number of carbonyl (C=O) groups is 1. The zero-order valence-electron chi connectivity index (χ0n) is 13.8. The van der Waals surface area contributed by atoms with Crippen molar-refractivity contribution in [2.45, 2.75) is 18.8 Å². The van der Waals surface area contributed by atoms with Gasteiger partial charge >= 0.3 is 6.09 Å². The molecule has 0 aliphatic heterocycles. The van der Waals surface area contributed by atoms with Gasteiger partial charge in [-0.05, 0) is 17.7 Å². The Kier molecular flexibility index (Phi) is 6.55. The second kappa shape index (κ2) is 8.86. The number of aliphatic hydroxyl groups excluding tert-OH is 2. The average molecular weight is 347 g/mol. The number of aliphatic hydroxyl groups is 2. The Hall–Kier alpha value is -2.84. The molecule has 1 aromatic carbocycles.